The molecule has 6 nitrogen and oxygen atoms in total. The molecule has 0 aliphatic carbocycles. The molecule has 2 heterocycles. The lowest BCUT2D eigenvalue weighted by atomic mass is 10.1. The Morgan fingerprint density at radius 1 is 1.17 bits per heavy atom. The van der Waals surface area contributed by atoms with Crippen molar-refractivity contribution in [1.29, 1.82) is 0 Å². The first-order chi connectivity index (χ1) is 10.6. The molecular weight excluding hydrogens is 320 g/mol. The molecule has 1 N–H and O–H groups in total. The molecule has 0 spiro atoms. The first-order valence-corrected chi connectivity index (χ1v) is 7.48. The van der Waals surface area contributed by atoms with Crippen LogP contribution in [0.1, 0.15) is 19.4 Å². The lowest BCUT2D eigenvalue weighted by Gasteiger charge is -2.21. The quantitative estimate of drug-likeness (QED) is 0.830. The molecular formula is C16H23ClN2O4. The molecule has 0 saturated heterocycles. The maximum Gasteiger partial charge on any atom is 0.165 e. The fourth-order valence-electron chi connectivity index (χ4n) is 2.45. The second kappa shape index (κ2) is 7.27. The smallest absolute Gasteiger partial charge is 0.165 e. The van der Waals surface area contributed by atoms with Gasteiger partial charge in [-0.25, -0.2) is 0 Å². The van der Waals surface area contributed by atoms with E-state index in [1.807, 2.05) is 12.1 Å². The van der Waals surface area contributed by atoms with E-state index in [9.17, 15) is 0 Å². The van der Waals surface area contributed by atoms with E-state index >= 15 is 0 Å². The minimum absolute atomic E-state index is 0. The number of hydrogen-bond acceptors (Lipinski definition) is 6. The Labute approximate surface area is 142 Å². The van der Waals surface area contributed by atoms with Gasteiger partial charge in [0.05, 0.1) is 17.7 Å². The Kier molecular flexibility index (Phi) is 5.59. The van der Waals surface area contributed by atoms with E-state index in [4.69, 9.17) is 23.9 Å². The summed E-state index contributed by atoms with van der Waals surface area (Å²) in [6.45, 7) is 7.10. The van der Waals surface area contributed by atoms with Crippen molar-refractivity contribution in [2.45, 2.75) is 19.4 Å². The van der Waals surface area contributed by atoms with Gasteiger partial charge in [-0.3, -0.25) is 4.99 Å². The summed E-state index contributed by atoms with van der Waals surface area (Å²) in [6, 6.07) is 3.80. The maximum atomic E-state index is 5.84. The Balaban J connectivity index is 0.00000192. The Morgan fingerprint density at radius 3 is 2.48 bits per heavy atom. The highest BCUT2D eigenvalue weighted by Crippen LogP contribution is 2.37. The SMILES string of the molecule is COCCOc1cc2c(cc1C1=NC(C)(C)CN1)OCCO2.Cl. The summed E-state index contributed by atoms with van der Waals surface area (Å²) in [6.07, 6.45) is 0. The van der Waals surface area contributed by atoms with Crippen molar-refractivity contribution in [1.82, 2.24) is 5.32 Å². The number of amidine groups is 1. The fourth-order valence-corrected chi connectivity index (χ4v) is 2.45. The minimum atomic E-state index is -0.119. The highest BCUT2D eigenvalue weighted by Gasteiger charge is 2.28. The number of nitrogens with one attached hydrogen (secondary N) is 1. The molecule has 0 fully saturated rings. The second-order valence-corrected chi connectivity index (χ2v) is 5.96. The summed E-state index contributed by atoms with van der Waals surface area (Å²) in [5.41, 5.74) is 0.776. The molecule has 2 aliphatic rings. The number of methoxy groups -OCH3 is 1. The van der Waals surface area contributed by atoms with Crippen LogP contribution in [0.15, 0.2) is 17.1 Å². The van der Waals surface area contributed by atoms with Gasteiger partial charge in [0.25, 0.3) is 0 Å². The molecule has 1 aromatic carbocycles. The summed E-state index contributed by atoms with van der Waals surface area (Å²) in [7, 11) is 1.65. The summed E-state index contributed by atoms with van der Waals surface area (Å²) in [4.78, 5) is 4.73. The third-order valence-corrected chi connectivity index (χ3v) is 3.55. The van der Waals surface area contributed by atoms with E-state index in [2.05, 4.69) is 19.2 Å². The van der Waals surface area contributed by atoms with Crippen LogP contribution in [0, 0.1) is 0 Å². The molecule has 0 saturated carbocycles. The predicted octanol–water partition coefficient (Wildman–Crippen LogP) is 2.03. The number of nitrogens with zero attached hydrogens (tertiary/aromatic N) is 1. The summed E-state index contributed by atoms with van der Waals surface area (Å²) < 4.78 is 22.2. The summed E-state index contributed by atoms with van der Waals surface area (Å²) in [5, 5.41) is 3.34. The molecule has 1 aromatic rings. The number of halogens is 1. The third kappa shape index (κ3) is 4.00. The van der Waals surface area contributed by atoms with Crippen LogP contribution in [0.5, 0.6) is 17.2 Å². The van der Waals surface area contributed by atoms with Crippen molar-refractivity contribution < 1.29 is 18.9 Å². The highest BCUT2D eigenvalue weighted by molar-refractivity contribution is 6.03. The first-order valence-electron chi connectivity index (χ1n) is 7.48. The average Bonchev–Trinajstić information content (AvgIpc) is 2.87. The molecule has 0 amide bonds. The van der Waals surface area contributed by atoms with Gasteiger partial charge < -0.3 is 24.3 Å². The Hall–Kier alpha value is -1.66. The van der Waals surface area contributed by atoms with Gasteiger partial charge in [-0.15, -0.1) is 12.4 Å². The first kappa shape index (κ1) is 17.7. The molecule has 0 atom stereocenters. The van der Waals surface area contributed by atoms with Crippen molar-refractivity contribution in [3.63, 3.8) is 0 Å². The molecule has 128 valence electrons. The number of rotatable bonds is 5. The van der Waals surface area contributed by atoms with Crippen molar-refractivity contribution in [3.8, 4) is 17.2 Å². The van der Waals surface area contributed by atoms with Crippen molar-refractivity contribution in [3.05, 3.63) is 17.7 Å². The number of aliphatic imine (C=N–C) groups is 1. The van der Waals surface area contributed by atoms with Crippen LogP contribution >= 0.6 is 12.4 Å². The third-order valence-electron chi connectivity index (χ3n) is 3.55. The molecule has 3 rings (SSSR count). The standard InChI is InChI=1S/C16H22N2O4.ClH/c1-16(2)10-17-15(18-16)11-8-13-14(22-7-6-21-13)9-12(11)20-5-4-19-3;/h8-9H,4-7,10H2,1-3H3,(H,17,18);1H. The molecule has 0 aromatic heterocycles. The number of hydrogen-bond donors (Lipinski definition) is 1. The van der Waals surface area contributed by atoms with Crippen LogP contribution in [0.4, 0.5) is 0 Å². The fraction of sp³-hybridized carbons (Fsp3) is 0.562. The molecule has 0 bridgehead atoms. The van der Waals surface area contributed by atoms with Gasteiger partial charge in [-0.2, -0.15) is 0 Å². The van der Waals surface area contributed by atoms with Crippen LogP contribution in [0.3, 0.4) is 0 Å². The number of fused-ring (bicyclic) bond motifs is 1. The van der Waals surface area contributed by atoms with Gasteiger partial charge in [0, 0.05) is 19.7 Å². The largest absolute Gasteiger partial charge is 0.490 e. The summed E-state index contributed by atoms with van der Waals surface area (Å²) in [5.74, 6) is 2.99. The van der Waals surface area contributed by atoms with E-state index in [0.29, 0.717) is 32.2 Å². The topological polar surface area (TPSA) is 61.3 Å². The van der Waals surface area contributed by atoms with E-state index in [1.54, 1.807) is 7.11 Å². The van der Waals surface area contributed by atoms with Crippen LogP contribution < -0.4 is 19.5 Å². The average molecular weight is 343 g/mol. The van der Waals surface area contributed by atoms with Gasteiger partial charge >= 0.3 is 0 Å². The molecule has 0 radical (unpaired) electrons. The molecule has 7 heteroatoms. The van der Waals surface area contributed by atoms with Crippen LogP contribution in [-0.2, 0) is 4.74 Å². The van der Waals surface area contributed by atoms with Crippen molar-refractivity contribution in [2.75, 3.05) is 40.1 Å². The molecule has 23 heavy (non-hydrogen) atoms. The normalized spacial score (nSPS) is 17.8. The zero-order valence-electron chi connectivity index (χ0n) is 13.7. The van der Waals surface area contributed by atoms with Gasteiger partial charge in [-0.05, 0) is 19.9 Å². The van der Waals surface area contributed by atoms with Crippen molar-refractivity contribution in [2.24, 2.45) is 4.99 Å². The van der Waals surface area contributed by atoms with E-state index in [-0.39, 0.29) is 17.9 Å². The van der Waals surface area contributed by atoms with Gasteiger partial charge in [-0.1, -0.05) is 0 Å². The lowest BCUT2D eigenvalue weighted by molar-refractivity contribution is 0.144. The lowest BCUT2D eigenvalue weighted by Crippen LogP contribution is -2.27. The van der Waals surface area contributed by atoms with E-state index < -0.39 is 0 Å². The van der Waals surface area contributed by atoms with Crippen LogP contribution in [0.2, 0.25) is 0 Å². The Morgan fingerprint density at radius 2 is 1.87 bits per heavy atom. The van der Waals surface area contributed by atoms with Crippen LogP contribution in [-0.4, -0.2) is 51.5 Å². The van der Waals surface area contributed by atoms with Gasteiger partial charge in [0.2, 0.25) is 0 Å². The maximum absolute atomic E-state index is 5.84. The minimum Gasteiger partial charge on any atom is -0.490 e. The molecule has 2 aliphatic heterocycles. The highest BCUT2D eigenvalue weighted by atomic mass is 35.5. The van der Waals surface area contributed by atoms with Crippen molar-refractivity contribution >= 4 is 18.2 Å². The zero-order valence-corrected chi connectivity index (χ0v) is 14.5. The monoisotopic (exact) mass is 342 g/mol. The number of ether oxygens (including phenoxy) is 4. The Bertz CT molecular complexity index is 590. The van der Waals surface area contributed by atoms with Gasteiger partial charge in [0.15, 0.2) is 11.5 Å². The number of benzene rings is 1. The molecule has 0 unspecified atom stereocenters. The van der Waals surface area contributed by atoms with E-state index in [0.717, 1.165) is 29.4 Å². The van der Waals surface area contributed by atoms with E-state index in [1.165, 1.54) is 0 Å². The van der Waals surface area contributed by atoms with Crippen LogP contribution in [0.25, 0.3) is 0 Å². The zero-order chi connectivity index (χ0) is 15.6. The second-order valence-electron chi connectivity index (χ2n) is 5.96. The predicted molar refractivity (Wildman–Crippen MR) is 90.7 cm³/mol. The van der Waals surface area contributed by atoms with Gasteiger partial charge in [0.1, 0.15) is 31.4 Å². The summed E-state index contributed by atoms with van der Waals surface area (Å²) >= 11 is 0.